The van der Waals surface area contributed by atoms with Crippen LogP contribution >= 0.6 is 23.4 Å². The number of halogens is 1. The van der Waals surface area contributed by atoms with E-state index in [4.69, 9.17) is 16.3 Å². The van der Waals surface area contributed by atoms with Crippen LogP contribution in [0.25, 0.3) is 0 Å². The van der Waals surface area contributed by atoms with Crippen molar-refractivity contribution in [3.05, 3.63) is 64.7 Å². The van der Waals surface area contributed by atoms with Crippen molar-refractivity contribution in [2.75, 3.05) is 32.0 Å². The molecule has 7 heteroatoms. The van der Waals surface area contributed by atoms with Crippen molar-refractivity contribution >= 4 is 35.2 Å². The lowest BCUT2D eigenvalue weighted by atomic mass is 10.0. The van der Waals surface area contributed by atoms with E-state index in [0.29, 0.717) is 23.9 Å². The van der Waals surface area contributed by atoms with E-state index < -0.39 is 0 Å². The number of piperidine rings is 1. The molecule has 2 aliphatic heterocycles. The maximum absolute atomic E-state index is 13.1. The molecule has 0 aliphatic carbocycles. The summed E-state index contributed by atoms with van der Waals surface area (Å²) < 4.78 is 5.60. The minimum absolute atomic E-state index is 0.00772. The maximum Gasteiger partial charge on any atom is 0.260 e. The van der Waals surface area contributed by atoms with Gasteiger partial charge < -0.3 is 14.5 Å². The van der Waals surface area contributed by atoms with Crippen LogP contribution in [-0.4, -0.2) is 58.5 Å². The van der Waals surface area contributed by atoms with Crippen LogP contribution in [-0.2, 0) is 4.79 Å². The summed E-state index contributed by atoms with van der Waals surface area (Å²) in [4.78, 5) is 29.4. The van der Waals surface area contributed by atoms with Crippen molar-refractivity contribution in [1.29, 1.82) is 0 Å². The third kappa shape index (κ3) is 4.44. The predicted octanol–water partition coefficient (Wildman–Crippen LogP) is 4.24. The fourth-order valence-electron chi connectivity index (χ4n) is 4.03. The highest BCUT2D eigenvalue weighted by molar-refractivity contribution is 8.00. The van der Waals surface area contributed by atoms with Gasteiger partial charge in [-0.15, -0.1) is 11.8 Å². The highest BCUT2D eigenvalue weighted by Gasteiger charge is 2.47. The smallest absolute Gasteiger partial charge is 0.260 e. The Morgan fingerprint density at radius 3 is 2.37 bits per heavy atom. The predicted molar refractivity (Wildman–Crippen MR) is 120 cm³/mol. The molecule has 0 radical (unpaired) electrons. The van der Waals surface area contributed by atoms with Gasteiger partial charge in [-0.1, -0.05) is 29.3 Å². The Bertz CT molecular complexity index is 909. The lowest BCUT2D eigenvalue weighted by Crippen LogP contribution is -2.54. The van der Waals surface area contributed by atoms with Gasteiger partial charge in [-0.3, -0.25) is 9.59 Å². The number of ether oxygens (including phenoxy) is 1. The second-order valence-electron chi connectivity index (χ2n) is 7.74. The van der Waals surface area contributed by atoms with Crippen molar-refractivity contribution in [3.63, 3.8) is 0 Å². The molecule has 2 aromatic rings. The molecule has 2 aromatic carbocycles. The van der Waals surface area contributed by atoms with E-state index in [9.17, 15) is 9.59 Å². The summed E-state index contributed by atoms with van der Waals surface area (Å²) in [6, 6.07) is 14.7. The Kier molecular flexibility index (Phi) is 6.25. The van der Waals surface area contributed by atoms with Gasteiger partial charge in [-0.25, -0.2) is 0 Å². The third-order valence-corrected chi connectivity index (χ3v) is 7.60. The van der Waals surface area contributed by atoms with Crippen LogP contribution in [0.1, 0.15) is 28.8 Å². The molecule has 5 nitrogen and oxygen atoms in total. The second kappa shape index (κ2) is 8.90. The highest BCUT2D eigenvalue weighted by Crippen LogP contribution is 2.44. The molecule has 0 atom stereocenters. The van der Waals surface area contributed by atoms with E-state index in [1.54, 1.807) is 24.3 Å². The van der Waals surface area contributed by atoms with Crippen molar-refractivity contribution in [2.24, 2.45) is 0 Å². The number of carbonyl (C=O) groups excluding carboxylic acids is 2. The molecule has 4 rings (SSSR count). The Morgan fingerprint density at radius 2 is 1.70 bits per heavy atom. The summed E-state index contributed by atoms with van der Waals surface area (Å²) in [7, 11) is 0. The molecule has 0 aromatic heterocycles. The van der Waals surface area contributed by atoms with Gasteiger partial charge in [-0.2, -0.15) is 0 Å². The van der Waals surface area contributed by atoms with E-state index in [1.165, 1.54) is 0 Å². The number of hydrogen-bond acceptors (Lipinski definition) is 4. The number of rotatable bonds is 4. The Morgan fingerprint density at radius 1 is 1.03 bits per heavy atom. The van der Waals surface area contributed by atoms with Crippen molar-refractivity contribution < 1.29 is 14.3 Å². The normalized spacial score (nSPS) is 17.9. The van der Waals surface area contributed by atoms with E-state index >= 15 is 0 Å². The number of amides is 2. The van der Waals surface area contributed by atoms with Gasteiger partial charge in [0.15, 0.2) is 6.61 Å². The van der Waals surface area contributed by atoms with Crippen LogP contribution in [0.15, 0.2) is 48.5 Å². The van der Waals surface area contributed by atoms with Gasteiger partial charge in [0.1, 0.15) is 5.75 Å². The highest BCUT2D eigenvalue weighted by atomic mass is 35.5. The number of aryl methyl sites for hydroxylation is 1. The van der Waals surface area contributed by atoms with Crippen LogP contribution < -0.4 is 4.74 Å². The summed E-state index contributed by atoms with van der Waals surface area (Å²) in [5.41, 5.74) is 1.88. The van der Waals surface area contributed by atoms with E-state index in [1.807, 2.05) is 52.8 Å². The van der Waals surface area contributed by atoms with Gasteiger partial charge in [0.2, 0.25) is 0 Å². The fraction of sp³-hybridized carbons (Fsp3) is 0.391. The lowest BCUT2D eigenvalue weighted by Gasteiger charge is -2.44. The van der Waals surface area contributed by atoms with Gasteiger partial charge >= 0.3 is 0 Å². The molecule has 2 heterocycles. The van der Waals surface area contributed by atoms with E-state index in [-0.39, 0.29) is 23.3 Å². The van der Waals surface area contributed by atoms with Gasteiger partial charge in [0.05, 0.1) is 4.87 Å². The number of likely N-dealkylation sites (tertiary alicyclic amines) is 1. The minimum Gasteiger partial charge on any atom is -0.484 e. The lowest BCUT2D eigenvalue weighted by molar-refractivity contribution is -0.135. The summed E-state index contributed by atoms with van der Waals surface area (Å²) in [6.45, 7) is 4.05. The topological polar surface area (TPSA) is 49.9 Å². The average Bonchev–Trinajstić information content (AvgIpc) is 3.16. The summed E-state index contributed by atoms with van der Waals surface area (Å²) >= 11 is 7.72. The van der Waals surface area contributed by atoms with Gasteiger partial charge in [-0.05, 0) is 56.2 Å². The number of benzene rings is 2. The van der Waals surface area contributed by atoms with Crippen LogP contribution in [0, 0.1) is 6.92 Å². The molecule has 1 spiro atoms. The van der Waals surface area contributed by atoms with Crippen molar-refractivity contribution in [3.8, 4) is 5.75 Å². The SMILES string of the molecule is Cc1ccc(C(=O)N2CCSC23CCN(C(=O)COc2ccc(Cl)cc2)CC3)cc1. The minimum atomic E-state index is -0.213. The van der Waals surface area contributed by atoms with E-state index in [2.05, 4.69) is 0 Å². The summed E-state index contributed by atoms with van der Waals surface area (Å²) in [5, 5.41) is 0.633. The molecule has 0 unspecified atom stereocenters. The van der Waals surface area contributed by atoms with Crippen molar-refractivity contribution in [2.45, 2.75) is 24.6 Å². The molecule has 0 saturated carbocycles. The second-order valence-corrected chi connectivity index (χ2v) is 9.63. The number of carbonyl (C=O) groups is 2. The third-order valence-electron chi connectivity index (χ3n) is 5.79. The zero-order valence-corrected chi connectivity index (χ0v) is 18.5. The average molecular weight is 445 g/mol. The zero-order chi connectivity index (χ0) is 21.1. The first kappa shape index (κ1) is 21.1. The first-order valence-electron chi connectivity index (χ1n) is 10.2. The van der Waals surface area contributed by atoms with Gasteiger partial charge in [0, 0.05) is 36.0 Å². The van der Waals surface area contributed by atoms with Crippen LogP contribution in [0.4, 0.5) is 0 Å². The standard InChI is InChI=1S/C23H25ClN2O3S/c1-17-2-4-18(5-3-17)22(28)26-14-15-30-23(26)10-12-25(13-11-23)21(27)16-29-20-8-6-19(24)7-9-20/h2-9H,10-16H2,1H3. The summed E-state index contributed by atoms with van der Waals surface area (Å²) in [5.74, 6) is 1.62. The first-order valence-corrected chi connectivity index (χ1v) is 11.5. The molecule has 158 valence electrons. The molecule has 2 saturated heterocycles. The molecule has 0 N–H and O–H groups in total. The molecule has 30 heavy (non-hydrogen) atoms. The zero-order valence-electron chi connectivity index (χ0n) is 17.0. The molecule has 0 bridgehead atoms. The van der Waals surface area contributed by atoms with Gasteiger partial charge in [0.25, 0.3) is 11.8 Å². The quantitative estimate of drug-likeness (QED) is 0.707. The molecule has 2 fully saturated rings. The summed E-state index contributed by atoms with van der Waals surface area (Å²) in [6.07, 6.45) is 1.56. The van der Waals surface area contributed by atoms with Crippen LogP contribution in [0.2, 0.25) is 5.02 Å². The van der Waals surface area contributed by atoms with E-state index in [0.717, 1.165) is 36.3 Å². The number of thioether (sulfide) groups is 1. The van der Waals surface area contributed by atoms with Crippen LogP contribution in [0.5, 0.6) is 5.75 Å². The Labute approximate surface area is 186 Å². The Balaban J connectivity index is 1.35. The van der Waals surface area contributed by atoms with Crippen LogP contribution in [0.3, 0.4) is 0 Å². The van der Waals surface area contributed by atoms with Crippen molar-refractivity contribution in [1.82, 2.24) is 9.80 Å². The molecular weight excluding hydrogens is 420 g/mol. The first-order chi connectivity index (χ1) is 14.5. The largest absolute Gasteiger partial charge is 0.484 e. The Hall–Kier alpha value is -2.18. The molecular formula is C23H25ClN2O3S. The number of nitrogens with zero attached hydrogens (tertiary/aromatic N) is 2. The molecule has 2 amide bonds. The monoisotopic (exact) mass is 444 g/mol. The maximum atomic E-state index is 13.1. The molecule has 2 aliphatic rings. The fourth-order valence-corrected chi connectivity index (χ4v) is 5.62. The number of hydrogen-bond donors (Lipinski definition) is 0.